The molecule has 1 aliphatic rings. The number of hydrogen-bond acceptors (Lipinski definition) is 3. The van der Waals surface area contributed by atoms with E-state index in [0.29, 0.717) is 12.5 Å². The van der Waals surface area contributed by atoms with Gasteiger partial charge >= 0.3 is 0 Å². The van der Waals surface area contributed by atoms with Crippen LogP contribution in [0.2, 0.25) is 5.02 Å². The normalized spacial score (nSPS) is 15.3. The standard InChI is InChI=1S/C13H18ClFN2O2S/c14-12-9-10(15)3-6-13(12)17-20(18,19)8-2-1-7-16-11-4-5-11/h3,6,9,11,16-17H,1-2,4-5,7-8H2. The fourth-order valence-electron chi connectivity index (χ4n) is 1.80. The molecule has 1 aromatic carbocycles. The lowest BCUT2D eigenvalue weighted by Gasteiger charge is -2.09. The van der Waals surface area contributed by atoms with Crippen molar-refractivity contribution in [1.29, 1.82) is 0 Å². The van der Waals surface area contributed by atoms with Crippen molar-refractivity contribution < 1.29 is 12.8 Å². The second-order valence-electron chi connectivity index (χ2n) is 4.98. The molecule has 0 aromatic heterocycles. The van der Waals surface area contributed by atoms with Gasteiger partial charge in [-0.25, -0.2) is 12.8 Å². The van der Waals surface area contributed by atoms with Gasteiger partial charge in [0.05, 0.1) is 16.5 Å². The minimum absolute atomic E-state index is 0.0348. The summed E-state index contributed by atoms with van der Waals surface area (Å²) >= 11 is 5.78. The van der Waals surface area contributed by atoms with Crippen molar-refractivity contribution in [2.24, 2.45) is 0 Å². The van der Waals surface area contributed by atoms with Crippen molar-refractivity contribution in [1.82, 2.24) is 5.32 Å². The first-order chi connectivity index (χ1) is 9.46. The van der Waals surface area contributed by atoms with Crippen molar-refractivity contribution in [3.05, 3.63) is 29.0 Å². The topological polar surface area (TPSA) is 58.2 Å². The molecule has 1 fully saturated rings. The SMILES string of the molecule is O=S(=O)(CCCCNC1CC1)Nc1ccc(F)cc1Cl. The van der Waals surface area contributed by atoms with Gasteiger partial charge in [0.25, 0.3) is 0 Å². The molecule has 2 rings (SSSR count). The van der Waals surface area contributed by atoms with Crippen LogP contribution in [0, 0.1) is 5.82 Å². The molecule has 4 nitrogen and oxygen atoms in total. The van der Waals surface area contributed by atoms with Gasteiger partial charge in [0.2, 0.25) is 10.0 Å². The van der Waals surface area contributed by atoms with Gasteiger partial charge in [0.1, 0.15) is 5.82 Å². The van der Waals surface area contributed by atoms with Gasteiger partial charge in [-0.3, -0.25) is 4.72 Å². The van der Waals surface area contributed by atoms with E-state index in [2.05, 4.69) is 10.0 Å². The predicted octanol–water partition coefficient (Wildman–Crippen LogP) is 2.75. The molecule has 0 atom stereocenters. The van der Waals surface area contributed by atoms with Crippen molar-refractivity contribution >= 4 is 27.3 Å². The molecular formula is C13H18ClFN2O2S. The van der Waals surface area contributed by atoms with E-state index in [1.807, 2.05) is 0 Å². The molecule has 0 unspecified atom stereocenters. The number of unbranched alkanes of at least 4 members (excludes halogenated alkanes) is 1. The molecule has 112 valence electrons. The molecule has 1 aliphatic carbocycles. The van der Waals surface area contributed by atoms with Gasteiger partial charge in [0.15, 0.2) is 0 Å². The first-order valence-electron chi connectivity index (χ1n) is 6.65. The largest absolute Gasteiger partial charge is 0.314 e. The monoisotopic (exact) mass is 320 g/mol. The van der Waals surface area contributed by atoms with Crippen LogP contribution < -0.4 is 10.0 Å². The molecule has 0 heterocycles. The summed E-state index contributed by atoms with van der Waals surface area (Å²) in [6.07, 6.45) is 3.84. The van der Waals surface area contributed by atoms with Crippen molar-refractivity contribution in [3.63, 3.8) is 0 Å². The molecular weight excluding hydrogens is 303 g/mol. The molecule has 0 aliphatic heterocycles. The summed E-state index contributed by atoms with van der Waals surface area (Å²) in [5.41, 5.74) is 0.212. The maximum absolute atomic E-state index is 12.9. The third-order valence-electron chi connectivity index (χ3n) is 3.05. The average Bonchev–Trinajstić information content (AvgIpc) is 3.16. The Morgan fingerprint density at radius 3 is 2.70 bits per heavy atom. The highest BCUT2D eigenvalue weighted by molar-refractivity contribution is 7.92. The zero-order chi connectivity index (χ0) is 14.6. The van der Waals surface area contributed by atoms with E-state index in [4.69, 9.17) is 11.6 Å². The Morgan fingerprint density at radius 2 is 2.05 bits per heavy atom. The van der Waals surface area contributed by atoms with Crippen molar-refractivity contribution in [2.45, 2.75) is 31.7 Å². The molecule has 1 aromatic rings. The van der Waals surface area contributed by atoms with Crippen LogP contribution in [-0.4, -0.2) is 26.8 Å². The van der Waals surface area contributed by atoms with Gasteiger partial charge in [0, 0.05) is 6.04 Å². The number of rotatable bonds is 8. The van der Waals surface area contributed by atoms with Gasteiger partial charge in [-0.2, -0.15) is 0 Å². The number of hydrogen-bond donors (Lipinski definition) is 2. The first kappa shape index (κ1) is 15.5. The van der Waals surface area contributed by atoms with E-state index in [1.54, 1.807) is 0 Å². The van der Waals surface area contributed by atoms with E-state index >= 15 is 0 Å². The summed E-state index contributed by atoms with van der Waals surface area (Å²) in [7, 11) is -3.44. The summed E-state index contributed by atoms with van der Waals surface area (Å²) in [5.74, 6) is -0.461. The third kappa shape index (κ3) is 5.26. The van der Waals surface area contributed by atoms with Crippen LogP contribution >= 0.6 is 11.6 Å². The highest BCUT2D eigenvalue weighted by atomic mass is 35.5. The highest BCUT2D eigenvalue weighted by Crippen LogP contribution is 2.23. The second kappa shape index (κ2) is 6.74. The smallest absolute Gasteiger partial charge is 0.232 e. The zero-order valence-corrected chi connectivity index (χ0v) is 12.6. The lowest BCUT2D eigenvalue weighted by atomic mass is 10.3. The van der Waals surface area contributed by atoms with Crippen LogP contribution in [0.4, 0.5) is 10.1 Å². The summed E-state index contributed by atoms with van der Waals surface area (Å²) in [5, 5.41) is 3.39. The van der Waals surface area contributed by atoms with Gasteiger partial charge in [-0.1, -0.05) is 11.6 Å². The number of sulfonamides is 1. The molecule has 1 saturated carbocycles. The average molecular weight is 321 g/mol. The predicted molar refractivity (Wildman–Crippen MR) is 79.1 cm³/mol. The summed E-state index contributed by atoms with van der Waals surface area (Å²) < 4.78 is 39.0. The van der Waals surface area contributed by atoms with E-state index in [1.165, 1.54) is 25.0 Å². The Morgan fingerprint density at radius 1 is 1.30 bits per heavy atom. The lowest BCUT2D eigenvalue weighted by molar-refractivity contribution is 0.590. The van der Waals surface area contributed by atoms with Gasteiger partial charge < -0.3 is 5.32 Å². The van der Waals surface area contributed by atoms with Crippen molar-refractivity contribution in [2.75, 3.05) is 17.0 Å². The molecule has 0 saturated heterocycles. The van der Waals surface area contributed by atoms with Crippen LogP contribution in [0.25, 0.3) is 0 Å². The molecule has 7 heteroatoms. The van der Waals surface area contributed by atoms with E-state index in [-0.39, 0.29) is 16.5 Å². The maximum Gasteiger partial charge on any atom is 0.232 e. The quantitative estimate of drug-likeness (QED) is 0.724. The Bertz CT molecular complexity index is 561. The van der Waals surface area contributed by atoms with Crippen LogP contribution in [0.5, 0.6) is 0 Å². The Labute approximate surface area is 123 Å². The molecule has 2 N–H and O–H groups in total. The van der Waals surface area contributed by atoms with Crippen LogP contribution in [0.1, 0.15) is 25.7 Å². The number of anilines is 1. The Balaban J connectivity index is 1.77. The molecule has 0 amide bonds. The Hall–Kier alpha value is -0.850. The van der Waals surface area contributed by atoms with E-state index in [9.17, 15) is 12.8 Å². The van der Waals surface area contributed by atoms with Gasteiger partial charge in [-0.15, -0.1) is 0 Å². The van der Waals surface area contributed by atoms with Gasteiger partial charge in [-0.05, 0) is 50.4 Å². The summed E-state index contributed by atoms with van der Waals surface area (Å²) in [6.45, 7) is 0.845. The van der Waals surface area contributed by atoms with Crippen LogP contribution in [0.3, 0.4) is 0 Å². The minimum Gasteiger partial charge on any atom is -0.314 e. The summed E-state index contributed by atoms with van der Waals surface area (Å²) in [4.78, 5) is 0. The van der Waals surface area contributed by atoms with E-state index in [0.717, 1.165) is 19.0 Å². The number of benzene rings is 1. The second-order valence-corrected chi connectivity index (χ2v) is 7.23. The van der Waals surface area contributed by atoms with Crippen LogP contribution in [-0.2, 0) is 10.0 Å². The fraction of sp³-hybridized carbons (Fsp3) is 0.538. The van der Waals surface area contributed by atoms with Crippen LogP contribution in [0.15, 0.2) is 18.2 Å². The zero-order valence-electron chi connectivity index (χ0n) is 11.0. The maximum atomic E-state index is 12.9. The molecule has 0 spiro atoms. The minimum atomic E-state index is -3.44. The lowest BCUT2D eigenvalue weighted by Crippen LogP contribution is -2.20. The molecule has 0 radical (unpaired) electrons. The highest BCUT2D eigenvalue weighted by Gasteiger charge is 2.19. The summed E-state index contributed by atoms with van der Waals surface area (Å²) in [6, 6.07) is 4.22. The fourth-order valence-corrected chi connectivity index (χ4v) is 3.27. The number of nitrogens with one attached hydrogen (secondary N) is 2. The van der Waals surface area contributed by atoms with E-state index < -0.39 is 15.8 Å². The van der Waals surface area contributed by atoms with Crippen molar-refractivity contribution in [3.8, 4) is 0 Å². The molecule has 20 heavy (non-hydrogen) atoms. The Kier molecular flexibility index (Phi) is 5.23. The third-order valence-corrected chi connectivity index (χ3v) is 4.72. The number of halogens is 2. The molecule has 0 bridgehead atoms. The first-order valence-corrected chi connectivity index (χ1v) is 8.68.